The minimum absolute atomic E-state index is 0.521. The highest BCUT2D eigenvalue weighted by Gasteiger charge is 2.21. The Labute approximate surface area is 124 Å². The summed E-state index contributed by atoms with van der Waals surface area (Å²) in [5, 5.41) is 4.62. The predicted molar refractivity (Wildman–Crippen MR) is 82.4 cm³/mol. The molecular formula is C16H20N2OS. The van der Waals surface area contributed by atoms with Gasteiger partial charge in [0.25, 0.3) is 0 Å². The maximum Gasteiger partial charge on any atom is 0.124 e. The zero-order valence-electron chi connectivity index (χ0n) is 12.0. The first-order valence-corrected chi connectivity index (χ1v) is 7.98. The van der Waals surface area contributed by atoms with Gasteiger partial charge < -0.3 is 10.1 Å². The maximum atomic E-state index is 5.88. The maximum absolute atomic E-state index is 5.88. The zero-order chi connectivity index (χ0) is 13.9. The molecule has 106 valence electrons. The molecule has 1 heterocycles. The Morgan fingerprint density at radius 2 is 2.35 bits per heavy atom. The van der Waals surface area contributed by atoms with Crippen LogP contribution in [0, 0.1) is 6.92 Å². The fourth-order valence-corrected chi connectivity index (χ4v) is 3.48. The summed E-state index contributed by atoms with van der Waals surface area (Å²) in [7, 11) is 0. The lowest BCUT2D eigenvalue weighted by Gasteiger charge is -2.13. The van der Waals surface area contributed by atoms with Gasteiger partial charge in [-0.3, -0.25) is 0 Å². The number of thiazole rings is 1. The van der Waals surface area contributed by atoms with Gasteiger partial charge >= 0.3 is 0 Å². The Hall–Kier alpha value is -1.39. The van der Waals surface area contributed by atoms with E-state index in [1.165, 1.54) is 22.4 Å². The SMILES string of the molecule is CCNC1CCc2cc(OCc3cnc(C)s3)ccc21. The highest BCUT2D eigenvalue weighted by Crippen LogP contribution is 2.33. The molecule has 1 atom stereocenters. The Morgan fingerprint density at radius 1 is 1.45 bits per heavy atom. The molecule has 0 saturated carbocycles. The van der Waals surface area contributed by atoms with Crippen molar-refractivity contribution >= 4 is 11.3 Å². The molecule has 1 aliphatic rings. The van der Waals surface area contributed by atoms with Gasteiger partial charge in [-0.05, 0) is 49.6 Å². The molecule has 1 aromatic carbocycles. The molecule has 1 aromatic heterocycles. The Balaban J connectivity index is 1.67. The van der Waals surface area contributed by atoms with E-state index in [9.17, 15) is 0 Å². The molecule has 0 aliphatic heterocycles. The van der Waals surface area contributed by atoms with E-state index in [1.807, 2.05) is 13.1 Å². The van der Waals surface area contributed by atoms with Crippen LogP contribution in [0.15, 0.2) is 24.4 Å². The number of hydrogen-bond donors (Lipinski definition) is 1. The fraction of sp³-hybridized carbons (Fsp3) is 0.438. The van der Waals surface area contributed by atoms with E-state index >= 15 is 0 Å². The van der Waals surface area contributed by atoms with Crippen molar-refractivity contribution in [3.8, 4) is 5.75 Å². The minimum atomic E-state index is 0.521. The van der Waals surface area contributed by atoms with Gasteiger partial charge in [-0.15, -0.1) is 11.3 Å². The van der Waals surface area contributed by atoms with Gasteiger partial charge in [0.05, 0.1) is 9.88 Å². The summed E-state index contributed by atoms with van der Waals surface area (Å²) in [5.74, 6) is 0.965. The highest BCUT2D eigenvalue weighted by atomic mass is 32.1. The van der Waals surface area contributed by atoms with E-state index in [1.54, 1.807) is 11.3 Å². The lowest BCUT2D eigenvalue weighted by Crippen LogP contribution is -2.18. The molecule has 0 amide bonds. The van der Waals surface area contributed by atoms with Crippen LogP contribution in [0.2, 0.25) is 0 Å². The van der Waals surface area contributed by atoms with Gasteiger partial charge in [-0.1, -0.05) is 13.0 Å². The molecule has 1 unspecified atom stereocenters. The molecule has 0 bridgehead atoms. The van der Waals surface area contributed by atoms with E-state index in [0.717, 1.165) is 23.7 Å². The van der Waals surface area contributed by atoms with Crippen molar-refractivity contribution in [2.45, 2.75) is 39.3 Å². The fourth-order valence-electron chi connectivity index (χ4n) is 2.77. The van der Waals surface area contributed by atoms with Gasteiger partial charge in [-0.2, -0.15) is 0 Å². The standard InChI is InChI=1S/C16H20N2OS/c1-3-17-16-7-4-12-8-13(5-6-15(12)16)19-10-14-9-18-11(2)20-14/h5-6,8-9,16-17H,3-4,7,10H2,1-2H3. The summed E-state index contributed by atoms with van der Waals surface area (Å²) in [4.78, 5) is 5.42. The van der Waals surface area contributed by atoms with Crippen molar-refractivity contribution < 1.29 is 4.74 Å². The number of aromatic nitrogens is 1. The molecular weight excluding hydrogens is 268 g/mol. The van der Waals surface area contributed by atoms with Gasteiger partial charge in [0.15, 0.2) is 0 Å². The summed E-state index contributed by atoms with van der Waals surface area (Å²) >= 11 is 1.69. The lowest BCUT2D eigenvalue weighted by atomic mass is 10.1. The van der Waals surface area contributed by atoms with Crippen molar-refractivity contribution in [1.29, 1.82) is 0 Å². The van der Waals surface area contributed by atoms with Crippen LogP contribution in [0.4, 0.5) is 0 Å². The highest BCUT2D eigenvalue weighted by molar-refractivity contribution is 7.11. The van der Waals surface area contributed by atoms with Crippen molar-refractivity contribution in [2.24, 2.45) is 0 Å². The second-order valence-corrected chi connectivity index (χ2v) is 6.46. The monoisotopic (exact) mass is 288 g/mol. The predicted octanol–water partition coefficient (Wildman–Crippen LogP) is 3.63. The summed E-state index contributed by atoms with van der Waals surface area (Å²) in [5.41, 5.74) is 2.86. The molecule has 3 rings (SSSR count). The molecule has 0 saturated heterocycles. The van der Waals surface area contributed by atoms with Crippen molar-refractivity contribution in [1.82, 2.24) is 10.3 Å². The van der Waals surface area contributed by atoms with Crippen LogP contribution in [-0.4, -0.2) is 11.5 Å². The number of ether oxygens (including phenoxy) is 1. The summed E-state index contributed by atoms with van der Waals surface area (Å²) in [6.45, 7) is 5.81. The lowest BCUT2D eigenvalue weighted by molar-refractivity contribution is 0.309. The van der Waals surface area contributed by atoms with Crippen LogP contribution in [0.1, 0.15) is 40.4 Å². The van der Waals surface area contributed by atoms with E-state index in [2.05, 4.69) is 35.4 Å². The number of hydrogen-bond acceptors (Lipinski definition) is 4. The first-order chi connectivity index (χ1) is 9.76. The van der Waals surface area contributed by atoms with Crippen molar-refractivity contribution in [3.63, 3.8) is 0 Å². The summed E-state index contributed by atoms with van der Waals surface area (Å²) in [6, 6.07) is 7.01. The van der Waals surface area contributed by atoms with E-state index < -0.39 is 0 Å². The quantitative estimate of drug-likeness (QED) is 0.912. The van der Waals surface area contributed by atoms with Crippen LogP contribution >= 0.6 is 11.3 Å². The number of nitrogens with zero attached hydrogens (tertiary/aromatic N) is 1. The topological polar surface area (TPSA) is 34.1 Å². The summed E-state index contributed by atoms with van der Waals surface area (Å²) < 4.78 is 5.88. The largest absolute Gasteiger partial charge is 0.488 e. The third kappa shape index (κ3) is 2.86. The second kappa shape index (κ2) is 5.94. The molecule has 1 aliphatic carbocycles. The Morgan fingerprint density at radius 3 is 3.10 bits per heavy atom. The summed E-state index contributed by atoms with van der Waals surface area (Å²) in [6.07, 6.45) is 4.24. The van der Waals surface area contributed by atoms with Crippen LogP contribution in [0.25, 0.3) is 0 Å². The third-order valence-electron chi connectivity index (χ3n) is 3.69. The van der Waals surface area contributed by atoms with Crippen molar-refractivity contribution in [2.75, 3.05) is 6.54 Å². The normalized spacial score (nSPS) is 17.2. The van der Waals surface area contributed by atoms with Crippen LogP contribution < -0.4 is 10.1 Å². The van der Waals surface area contributed by atoms with Gasteiger partial charge in [0.1, 0.15) is 12.4 Å². The number of fused-ring (bicyclic) bond motifs is 1. The van der Waals surface area contributed by atoms with E-state index in [0.29, 0.717) is 12.6 Å². The minimum Gasteiger partial charge on any atom is -0.488 e. The first kappa shape index (κ1) is 13.6. The molecule has 2 aromatic rings. The molecule has 0 fully saturated rings. The van der Waals surface area contributed by atoms with Crippen LogP contribution in [-0.2, 0) is 13.0 Å². The molecule has 3 nitrogen and oxygen atoms in total. The number of nitrogens with one attached hydrogen (secondary N) is 1. The van der Waals surface area contributed by atoms with Gasteiger partial charge in [-0.25, -0.2) is 4.98 Å². The smallest absolute Gasteiger partial charge is 0.124 e. The molecule has 0 radical (unpaired) electrons. The van der Waals surface area contributed by atoms with Crippen LogP contribution in [0.5, 0.6) is 5.75 Å². The van der Waals surface area contributed by atoms with Gasteiger partial charge in [0, 0.05) is 12.2 Å². The number of benzene rings is 1. The molecule has 20 heavy (non-hydrogen) atoms. The van der Waals surface area contributed by atoms with E-state index in [4.69, 9.17) is 4.74 Å². The third-order valence-corrected chi connectivity index (χ3v) is 4.58. The molecule has 4 heteroatoms. The number of rotatable bonds is 5. The molecule has 0 spiro atoms. The second-order valence-electron chi connectivity index (χ2n) is 5.14. The number of aryl methyl sites for hydroxylation is 2. The zero-order valence-corrected chi connectivity index (χ0v) is 12.8. The van der Waals surface area contributed by atoms with Crippen LogP contribution in [0.3, 0.4) is 0 Å². The van der Waals surface area contributed by atoms with Crippen molar-refractivity contribution in [3.05, 3.63) is 45.4 Å². The Bertz CT molecular complexity index is 594. The van der Waals surface area contributed by atoms with Gasteiger partial charge in [0.2, 0.25) is 0 Å². The van der Waals surface area contributed by atoms with E-state index in [-0.39, 0.29) is 0 Å². The average molecular weight is 288 g/mol. The average Bonchev–Trinajstić information content (AvgIpc) is 3.04. The molecule has 1 N–H and O–H groups in total. The Kier molecular flexibility index (Phi) is 4.03. The first-order valence-electron chi connectivity index (χ1n) is 7.16.